The largest absolute Gasteiger partial charge is 0.369 e. The van der Waals surface area contributed by atoms with E-state index >= 15 is 0 Å². The molecular formula is C19H39ClN2O. The number of carbonyl (C=O) groups is 1. The highest BCUT2D eigenvalue weighted by Gasteiger charge is 2.25. The van der Waals surface area contributed by atoms with Crippen LogP contribution in [0.15, 0.2) is 0 Å². The summed E-state index contributed by atoms with van der Waals surface area (Å²) < 4.78 is 0. The van der Waals surface area contributed by atoms with Crippen molar-refractivity contribution in [2.24, 2.45) is 11.7 Å². The molecule has 138 valence electrons. The molecule has 2 N–H and O–H groups in total. The van der Waals surface area contributed by atoms with Gasteiger partial charge in [-0.15, -0.1) is 12.4 Å². The van der Waals surface area contributed by atoms with Gasteiger partial charge in [-0.1, -0.05) is 77.6 Å². The molecule has 0 aromatic carbocycles. The number of amides is 1. The van der Waals surface area contributed by atoms with Crippen LogP contribution in [0.4, 0.5) is 0 Å². The number of halogens is 1. The predicted molar refractivity (Wildman–Crippen MR) is 102 cm³/mol. The molecule has 1 fully saturated rings. The third-order valence-electron chi connectivity index (χ3n) is 5.00. The van der Waals surface area contributed by atoms with Crippen LogP contribution in [0, 0.1) is 5.92 Å². The van der Waals surface area contributed by atoms with Crippen molar-refractivity contribution in [3.05, 3.63) is 0 Å². The van der Waals surface area contributed by atoms with Crippen LogP contribution in [-0.2, 0) is 4.79 Å². The van der Waals surface area contributed by atoms with E-state index in [9.17, 15) is 4.79 Å². The van der Waals surface area contributed by atoms with Gasteiger partial charge < -0.3 is 10.6 Å². The quantitative estimate of drug-likeness (QED) is 0.454. The summed E-state index contributed by atoms with van der Waals surface area (Å²) in [6.45, 7) is 5.39. The van der Waals surface area contributed by atoms with Gasteiger partial charge in [0.2, 0.25) is 5.91 Å². The van der Waals surface area contributed by atoms with Crippen LogP contribution in [-0.4, -0.2) is 30.4 Å². The summed E-state index contributed by atoms with van der Waals surface area (Å²) in [6.07, 6.45) is 17.7. The maximum Gasteiger partial charge on any atom is 0.221 e. The lowest BCUT2D eigenvalue weighted by Gasteiger charge is -2.14. The molecule has 0 bridgehead atoms. The Bertz CT molecular complexity index is 287. The van der Waals surface area contributed by atoms with E-state index in [1.807, 2.05) is 0 Å². The molecule has 1 aliphatic heterocycles. The Hall–Kier alpha value is -0.280. The number of primary amides is 1. The van der Waals surface area contributed by atoms with Gasteiger partial charge in [0, 0.05) is 6.54 Å². The van der Waals surface area contributed by atoms with Crippen molar-refractivity contribution in [2.75, 3.05) is 19.6 Å². The Balaban J connectivity index is 0.00000484. The van der Waals surface area contributed by atoms with Gasteiger partial charge in [-0.25, -0.2) is 0 Å². The van der Waals surface area contributed by atoms with Crippen molar-refractivity contribution < 1.29 is 4.79 Å². The van der Waals surface area contributed by atoms with Crippen LogP contribution in [0.3, 0.4) is 0 Å². The Kier molecular flexibility index (Phi) is 15.1. The fourth-order valence-electron chi connectivity index (χ4n) is 3.44. The third kappa shape index (κ3) is 11.8. The van der Waals surface area contributed by atoms with E-state index in [2.05, 4.69) is 11.8 Å². The zero-order valence-corrected chi connectivity index (χ0v) is 16.0. The second-order valence-electron chi connectivity index (χ2n) is 7.08. The first kappa shape index (κ1) is 22.7. The van der Waals surface area contributed by atoms with Crippen molar-refractivity contribution in [1.29, 1.82) is 0 Å². The fourth-order valence-corrected chi connectivity index (χ4v) is 3.44. The lowest BCUT2D eigenvalue weighted by molar-refractivity contribution is -0.121. The molecule has 3 nitrogen and oxygen atoms in total. The fraction of sp³-hybridized carbons (Fsp3) is 0.947. The number of unbranched alkanes of at least 4 members (excludes halogenated alkanes) is 11. The normalized spacial score (nSPS) is 18.0. The topological polar surface area (TPSA) is 46.3 Å². The van der Waals surface area contributed by atoms with Gasteiger partial charge in [0.25, 0.3) is 0 Å². The minimum atomic E-state index is -0.114. The van der Waals surface area contributed by atoms with Crippen LogP contribution in [0.1, 0.15) is 90.4 Å². The van der Waals surface area contributed by atoms with E-state index in [-0.39, 0.29) is 24.2 Å². The first-order valence-corrected chi connectivity index (χ1v) is 9.75. The van der Waals surface area contributed by atoms with E-state index < -0.39 is 0 Å². The van der Waals surface area contributed by atoms with Crippen LogP contribution in [0.2, 0.25) is 0 Å². The predicted octanol–water partition coefficient (Wildman–Crippen LogP) is 4.92. The van der Waals surface area contributed by atoms with Gasteiger partial charge in [-0.05, 0) is 25.9 Å². The lowest BCUT2D eigenvalue weighted by atomic mass is 10.1. The number of likely N-dealkylation sites (tertiary alicyclic amines) is 1. The Morgan fingerprint density at radius 3 is 1.83 bits per heavy atom. The second-order valence-corrected chi connectivity index (χ2v) is 7.08. The standard InChI is InChI=1S/C19H38N2O.ClH/c1-2-3-4-5-6-7-8-9-10-11-12-13-15-21-16-14-18(17-21)19(20)22;/h18H,2-17H2,1H3,(H2,20,22);1H. The van der Waals surface area contributed by atoms with Crippen LogP contribution in [0.25, 0.3) is 0 Å². The molecule has 4 heteroatoms. The molecule has 23 heavy (non-hydrogen) atoms. The average molecular weight is 347 g/mol. The molecule has 1 unspecified atom stereocenters. The highest BCUT2D eigenvalue weighted by molar-refractivity contribution is 5.85. The zero-order valence-electron chi connectivity index (χ0n) is 15.2. The van der Waals surface area contributed by atoms with E-state index in [0.29, 0.717) is 0 Å². The summed E-state index contributed by atoms with van der Waals surface area (Å²) in [5.41, 5.74) is 5.36. The summed E-state index contributed by atoms with van der Waals surface area (Å²) in [4.78, 5) is 13.5. The van der Waals surface area contributed by atoms with Gasteiger partial charge in [-0.2, -0.15) is 0 Å². The second kappa shape index (κ2) is 15.3. The van der Waals surface area contributed by atoms with E-state index in [1.54, 1.807) is 0 Å². The number of hydrogen-bond acceptors (Lipinski definition) is 2. The maximum atomic E-state index is 11.1. The van der Waals surface area contributed by atoms with E-state index in [0.717, 1.165) is 26.1 Å². The van der Waals surface area contributed by atoms with Gasteiger partial charge in [0.05, 0.1) is 5.92 Å². The average Bonchev–Trinajstić information content (AvgIpc) is 2.97. The smallest absolute Gasteiger partial charge is 0.221 e. The van der Waals surface area contributed by atoms with Gasteiger partial charge in [0.15, 0.2) is 0 Å². The highest BCUT2D eigenvalue weighted by Crippen LogP contribution is 2.17. The SMILES string of the molecule is CCCCCCCCCCCCCCN1CCC(C(N)=O)C1.Cl. The molecule has 0 aromatic heterocycles. The molecule has 1 amide bonds. The molecule has 0 aromatic rings. The number of nitrogens with zero attached hydrogens (tertiary/aromatic N) is 1. The molecule has 0 saturated carbocycles. The number of carbonyl (C=O) groups excluding carboxylic acids is 1. The lowest BCUT2D eigenvalue weighted by Crippen LogP contribution is -2.27. The molecule has 1 atom stereocenters. The summed E-state index contributed by atoms with van der Waals surface area (Å²) in [5, 5.41) is 0. The first-order valence-electron chi connectivity index (χ1n) is 9.75. The highest BCUT2D eigenvalue weighted by atomic mass is 35.5. The van der Waals surface area contributed by atoms with Gasteiger partial charge in [0.1, 0.15) is 0 Å². The van der Waals surface area contributed by atoms with Crippen LogP contribution < -0.4 is 5.73 Å². The van der Waals surface area contributed by atoms with E-state index in [4.69, 9.17) is 5.73 Å². The van der Waals surface area contributed by atoms with Gasteiger partial charge in [-0.3, -0.25) is 4.79 Å². The van der Waals surface area contributed by atoms with Crippen molar-refractivity contribution >= 4 is 18.3 Å². The molecule has 1 saturated heterocycles. The van der Waals surface area contributed by atoms with Crippen LogP contribution in [0.5, 0.6) is 0 Å². The molecule has 0 spiro atoms. The monoisotopic (exact) mass is 346 g/mol. The third-order valence-corrected chi connectivity index (χ3v) is 5.00. The summed E-state index contributed by atoms with van der Waals surface area (Å²) in [7, 11) is 0. The van der Waals surface area contributed by atoms with Crippen molar-refractivity contribution in [1.82, 2.24) is 4.90 Å². The summed E-state index contributed by atoms with van der Waals surface area (Å²) in [6, 6.07) is 0. The molecular weight excluding hydrogens is 308 g/mol. The first-order chi connectivity index (χ1) is 10.7. The minimum Gasteiger partial charge on any atom is -0.369 e. The maximum absolute atomic E-state index is 11.1. The van der Waals surface area contributed by atoms with Gasteiger partial charge >= 0.3 is 0 Å². The van der Waals surface area contributed by atoms with Crippen molar-refractivity contribution in [3.8, 4) is 0 Å². The number of hydrogen-bond donors (Lipinski definition) is 1. The summed E-state index contributed by atoms with van der Waals surface area (Å²) in [5.74, 6) is -0.00507. The molecule has 1 heterocycles. The number of nitrogens with two attached hydrogens (primary N) is 1. The number of rotatable bonds is 14. The van der Waals surface area contributed by atoms with E-state index in [1.165, 1.54) is 77.0 Å². The molecule has 0 aliphatic carbocycles. The molecule has 1 rings (SSSR count). The molecule has 1 aliphatic rings. The van der Waals surface area contributed by atoms with Crippen molar-refractivity contribution in [2.45, 2.75) is 90.4 Å². The summed E-state index contributed by atoms with van der Waals surface area (Å²) >= 11 is 0. The Morgan fingerprint density at radius 2 is 1.39 bits per heavy atom. The molecule has 0 radical (unpaired) electrons. The Morgan fingerprint density at radius 1 is 0.913 bits per heavy atom. The Labute approximate surface area is 150 Å². The zero-order chi connectivity index (χ0) is 16.0. The van der Waals surface area contributed by atoms with Crippen molar-refractivity contribution in [3.63, 3.8) is 0 Å². The van der Waals surface area contributed by atoms with Crippen LogP contribution >= 0.6 is 12.4 Å². The minimum absolute atomic E-state index is 0.